The molecule has 0 spiro atoms. The second-order valence-corrected chi connectivity index (χ2v) is 4.85. The van der Waals surface area contributed by atoms with E-state index in [-0.39, 0.29) is 5.75 Å². The van der Waals surface area contributed by atoms with Crippen molar-refractivity contribution in [1.29, 1.82) is 0 Å². The number of amides is 1. The largest absolute Gasteiger partial charge is 0.476 e. The lowest BCUT2D eigenvalue weighted by molar-refractivity contribution is -0.128. The number of carbonyl (C=O) groups excluding carboxylic acids is 1. The monoisotopic (exact) mass is 338 g/mol. The lowest BCUT2D eigenvalue weighted by Crippen LogP contribution is -2.37. The third-order valence-corrected chi connectivity index (χ3v) is 3.27. The molecule has 0 fully saturated rings. The van der Waals surface area contributed by atoms with Crippen LogP contribution < -0.4 is 16.0 Å². The van der Waals surface area contributed by atoms with Gasteiger partial charge in [-0.1, -0.05) is 30.3 Å². The number of rotatable bonds is 4. The highest BCUT2D eigenvalue weighted by Crippen LogP contribution is 2.26. The van der Waals surface area contributed by atoms with Crippen LogP contribution in [0.25, 0.3) is 0 Å². The number of nitrogens with two attached hydrogens (primary N) is 1. The number of nitrogens with one attached hydrogen (secondary N) is 1. The molecule has 0 aliphatic heterocycles. The van der Waals surface area contributed by atoms with Crippen molar-refractivity contribution in [2.45, 2.75) is 6.10 Å². The highest BCUT2D eigenvalue weighted by Gasteiger charge is 2.22. The number of hydrogen-bond donors (Lipinski definition) is 2. The average Bonchev–Trinajstić information content (AvgIpc) is 2.48. The first-order valence-corrected chi connectivity index (χ1v) is 6.58. The summed E-state index contributed by atoms with van der Waals surface area (Å²) in [5.74, 6) is 4.41. The summed E-state index contributed by atoms with van der Waals surface area (Å²) in [5.41, 5.74) is 2.67. The third kappa shape index (κ3) is 3.34. The lowest BCUT2D eigenvalue weighted by atomic mass is 10.1. The molecular formula is C14H12BrFN2O2. The molecule has 0 aromatic heterocycles. The molecule has 1 unspecified atom stereocenters. The molecule has 0 aliphatic rings. The molecule has 1 amide bonds. The Morgan fingerprint density at radius 2 is 1.95 bits per heavy atom. The van der Waals surface area contributed by atoms with Gasteiger partial charge < -0.3 is 4.74 Å². The van der Waals surface area contributed by atoms with Crippen LogP contribution in [0.5, 0.6) is 5.75 Å². The number of carbonyl (C=O) groups is 1. The van der Waals surface area contributed by atoms with E-state index in [0.29, 0.717) is 10.0 Å². The van der Waals surface area contributed by atoms with Crippen LogP contribution in [-0.4, -0.2) is 5.91 Å². The summed E-state index contributed by atoms with van der Waals surface area (Å²) in [4.78, 5) is 11.8. The van der Waals surface area contributed by atoms with Crippen LogP contribution >= 0.6 is 15.9 Å². The van der Waals surface area contributed by atoms with E-state index in [2.05, 4.69) is 15.9 Å². The van der Waals surface area contributed by atoms with Crippen molar-refractivity contribution in [3.8, 4) is 5.75 Å². The summed E-state index contributed by atoms with van der Waals surface area (Å²) >= 11 is 3.05. The maximum atomic E-state index is 13.5. The predicted molar refractivity (Wildman–Crippen MR) is 76.2 cm³/mol. The Labute approximate surface area is 123 Å². The number of hydrazine groups is 1. The van der Waals surface area contributed by atoms with Crippen molar-refractivity contribution >= 4 is 21.8 Å². The van der Waals surface area contributed by atoms with Crippen LogP contribution in [0, 0.1) is 5.82 Å². The summed E-state index contributed by atoms with van der Waals surface area (Å²) in [6.07, 6.45) is -0.943. The molecular weight excluding hydrogens is 327 g/mol. The first kappa shape index (κ1) is 14.5. The van der Waals surface area contributed by atoms with Crippen LogP contribution in [0.15, 0.2) is 53.0 Å². The Kier molecular flexibility index (Phi) is 4.70. The summed E-state index contributed by atoms with van der Waals surface area (Å²) < 4.78 is 19.3. The standard InChI is InChI=1S/C14H12BrFN2O2/c15-11-7-6-10(8-12(11)16)20-13(14(19)18-17)9-4-2-1-3-5-9/h1-8,13H,17H2,(H,18,19). The normalized spacial score (nSPS) is 11.8. The first-order chi connectivity index (χ1) is 9.61. The number of hydrogen-bond acceptors (Lipinski definition) is 3. The summed E-state index contributed by atoms with van der Waals surface area (Å²) in [7, 11) is 0. The highest BCUT2D eigenvalue weighted by molar-refractivity contribution is 9.10. The minimum atomic E-state index is -0.943. The van der Waals surface area contributed by atoms with E-state index in [1.807, 2.05) is 11.5 Å². The van der Waals surface area contributed by atoms with Crippen molar-refractivity contribution in [2.75, 3.05) is 0 Å². The van der Waals surface area contributed by atoms with Crippen molar-refractivity contribution in [2.24, 2.45) is 5.84 Å². The van der Waals surface area contributed by atoms with Gasteiger partial charge >= 0.3 is 0 Å². The minimum absolute atomic E-state index is 0.239. The zero-order valence-corrected chi connectivity index (χ0v) is 11.9. The zero-order chi connectivity index (χ0) is 14.5. The number of benzene rings is 2. The molecule has 1 atom stereocenters. The van der Waals surface area contributed by atoms with Gasteiger partial charge in [-0.2, -0.15) is 0 Å². The fraction of sp³-hybridized carbons (Fsp3) is 0.0714. The number of halogens is 2. The summed E-state index contributed by atoms with van der Waals surface area (Å²) in [6, 6.07) is 13.1. The van der Waals surface area contributed by atoms with Gasteiger partial charge in [-0.15, -0.1) is 0 Å². The maximum absolute atomic E-state index is 13.5. The Morgan fingerprint density at radius 3 is 2.55 bits per heavy atom. The van der Waals surface area contributed by atoms with Crippen molar-refractivity contribution in [3.05, 3.63) is 64.4 Å². The van der Waals surface area contributed by atoms with E-state index in [1.54, 1.807) is 30.3 Å². The average molecular weight is 339 g/mol. The van der Waals surface area contributed by atoms with Crippen molar-refractivity contribution < 1.29 is 13.9 Å². The molecule has 2 aromatic carbocycles. The van der Waals surface area contributed by atoms with E-state index in [9.17, 15) is 9.18 Å². The van der Waals surface area contributed by atoms with Crippen molar-refractivity contribution in [1.82, 2.24) is 5.43 Å². The Bertz CT molecular complexity index is 607. The molecule has 2 aromatic rings. The van der Waals surface area contributed by atoms with Crippen LogP contribution in [0.1, 0.15) is 11.7 Å². The highest BCUT2D eigenvalue weighted by atomic mass is 79.9. The van der Waals surface area contributed by atoms with Crippen LogP contribution in [-0.2, 0) is 4.79 Å². The molecule has 0 aliphatic carbocycles. The van der Waals surface area contributed by atoms with Gasteiger partial charge in [0.2, 0.25) is 6.10 Å². The second-order valence-electron chi connectivity index (χ2n) is 3.99. The van der Waals surface area contributed by atoms with Gasteiger partial charge in [0.1, 0.15) is 11.6 Å². The molecule has 104 valence electrons. The topological polar surface area (TPSA) is 64.3 Å². The van der Waals surface area contributed by atoms with Gasteiger partial charge in [0, 0.05) is 11.6 Å². The van der Waals surface area contributed by atoms with E-state index < -0.39 is 17.8 Å². The fourth-order valence-corrected chi connectivity index (χ4v) is 1.91. The minimum Gasteiger partial charge on any atom is -0.476 e. The molecule has 0 bridgehead atoms. The van der Waals surface area contributed by atoms with Crippen LogP contribution in [0.4, 0.5) is 4.39 Å². The van der Waals surface area contributed by atoms with E-state index in [0.717, 1.165) is 0 Å². The smallest absolute Gasteiger partial charge is 0.279 e. The lowest BCUT2D eigenvalue weighted by Gasteiger charge is -2.18. The molecule has 6 heteroatoms. The Hall–Kier alpha value is -1.92. The van der Waals surface area contributed by atoms with Crippen LogP contribution in [0.2, 0.25) is 0 Å². The van der Waals surface area contributed by atoms with E-state index in [1.165, 1.54) is 12.1 Å². The van der Waals surface area contributed by atoms with E-state index >= 15 is 0 Å². The fourth-order valence-electron chi connectivity index (χ4n) is 1.66. The molecule has 4 nitrogen and oxygen atoms in total. The molecule has 0 saturated carbocycles. The van der Waals surface area contributed by atoms with E-state index in [4.69, 9.17) is 10.6 Å². The quantitative estimate of drug-likeness (QED) is 0.511. The Balaban J connectivity index is 2.28. The first-order valence-electron chi connectivity index (χ1n) is 5.79. The van der Waals surface area contributed by atoms with Gasteiger partial charge in [-0.25, -0.2) is 10.2 Å². The Morgan fingerprint density at radius 1 is 1.25 bits per heavy atom. The van der Waals surface area contributed by atoms with Crippen LogP contribution in [0.3, 0.4) is 0 Å². The van der Waals surface area contributed by atoms with Gasteiger partial charge in [0.15, 0.2) is 0 Å². The second kappa shape index (κ2) is 6.49. The zero-order valence-electron chi connectivity index (χ0n) is 10.3. The predicted octanol–water partition coefficient (Wildman–Crippen LogP) is 2.70. The molecule has 0 saturated heterocycles. The molecule has 0 heterocycles. The van der Waals surface area contributed by atoms with Gasteiger partial charge in [-0.3, -0.25) is 10.2 Å². The van der Waals surface area contributed by atoms with Gasteiger partial charge in [0.25, 0.3) is 5.91 Å². The summed E-state index contributed by atoms with van der Waals surface area (Å²) in [6.45, 7) is 0. The third-order valence-electron chi connectivity index (χ3n) is 2.63. The maximum Gasteiger partial charge on any atom is 0.279 e. The van der Waals surface area contributed by atoms with Gasteiger partial charge in [-0.05, 0) is 28.1 Å². The molecule has 3 N–H and O–H groups in total. The van der Waals surface area contributed by atoms with Gasteiger partial charge in [0.05, 0.1) is 4.47 Å². The SMILES string of the molecule is NNC(=O)C(Oc1ccc(Br)c(F)c1)c1ccccc1. The molecule has 2 rings (SSSR count). The molecule has 20 heavy (non-hydrogen) atoms. The summed E-state index contributed by atoms with van der Waals surface area (Å²) in [5, 5.41) is 0. The van der Waals surface area contributed by atoms with Crippen molar-refractivity contribution in [3.63, 3.8) is 0 Å². The molecule has 0 radical (unpaired) electrons. The number of ether oxygens (including phenoxy) is 1.